The monoisotopic (exact) mass is 258 g/mol. The van der Waals surface area contributed by atoms with Gasteiger partial charge in [0.1, 0.15) is 6.04 Å². The second-order valence-electron chi connectivity index (χ2n) is 4.37. The van der Waals surface area contributed by atoms with Crippen LogP contribution in [0.15, 0.2) is 24.3 Å². The smallest absolute Gasteiger partial charge is 0.328 e. The van der Waals surface area contributed by atoms with Crippen LogP contribution in [-0.4, -0.2) is 36.5 Å². The molecule has 1 aliphatic rings. The molecule has 0 saturated carbocycles. The Morgan fingerprint density at radius 2 is 2.26 bits per heavy atom. The van der Waals surface area contributed by atoms with Gasteiger partial charge in [-0.25, -0.2) is 4.79 Å². The van der Waals surface area contributed by atoms with E-state index >= 15 is 0 Å². The zero-order valence-electron chi connectivity index (χ0n) is 10.6. The quantitative estimate of drug-likeness (QED) is 0.750. The van der Waals surface area contributed by atoms with Gasteiger partial charge in [0.05, 0.1) is 18.7 Å². The van der Waals surface area contributed by atoms with E-state index in [1.54, 1.807) is 18.2 Å². The van der Waals surface area contributed by atoms with Crippen LogP contribution in [0.3, 0.4) is 0 Å². The molecule has 0 bridgehead atoms. The number of ether oxygens (including phenoxy) is 1. The van der Waals surface area contributed by atoms with E-state index in [-0.39, 0.29) is 11.9 Å². The number of rotatable bonds is 2. The van der Waals surface area contributed by atoms with E-state index < -0.39 is 6.04 Å². The Kier molecular flexibility index (Phi) is 3.81. The van der Waals surface area contributed by atoms with Gasteiger partial charge in [0, 0.05) is 12.1 Å². The molecule has 98 valence electrons. The molecule has 1 unspecified atom stereocenters. The summed E-state index contributed by atoms with van der Waals surface area (Å²) < 4.78 is 4.71. The normalized spacial score (nSPS) is 17.9. The lowest BCUT2D eigenvalue weighted by Crippen LogP contribution is -2.41. The third kappa shape index (κ3) is 2.58. The van der Waals surface area contributed by atoms with Crippen LogP contribution < -0.4 is 0 Å². The molecule has 1 amide bonds. The largest absolute Gasteiger partial charge is 0.467 e. The number of likely N-dealkylation sites (tertiary alicyclic amines) is 1. The fraction of sp³-hybridized carbons (Fsp3) is 0.357. The molecular weight excluding hydrogens is 244 g/mol. The van der Waals surface area contributed by atoms with E-state index in [1.165, 1.54) is 18.1 Å². The lowest BCUT2D eigenvalue weighted by Gasteiger charge is -2.22. The van der Waals surface area contributed by atoms with Gasteiger partial charge < -0.3 is 9.64 Å². The van der Waals surface area contributed by atoms with Crippen molar-refractivity contribution in [3.8, 4) is 6.07 Å². The maximum Gasteiger partial charge on any atom is 0.328 e. The van der Waals surface area contributed by atoms with Crippen molar-refractivity contribution in [2.24, 2.45) is 0 Å². The minimum Gasteiger partial charge on any atom is -0.467 e. The topological polar surface area (TPSA) is 70.4 Å². The van der Waals surface area contributed by atoms with E-state index in [2.05, 4.69) is 0 Å². The fourth-order valence-corrected chi connectivity index (χ4v) is 2.28. The summed E-state index contributed by atoms with van der Waals surface area (Å²) in [5.41, 5.74) is 0.856. The lowest BCUT2D eigenvalue weighted by atomic mass is 10.1. The first kappa shape index (κ1) is 13.1. The Morgan fingerprint density at radius 1 is 1.47 bits per heavy atom. The van der Waals surface area contributed by atoms with Crippen LogP contribution in [0.25, 0.3) is 0 Å². The summed E-state index contributed by atoms with van der Waals surface area (Å²) in [5.74, 6) is -0.618. The maximum absolute atomic E-state index is 12.4. The van der Waals surface area contributed by atoms with Gasteiger partial charge in [0.2, 0.25) is 0 Å². The summed E-state index contributed by atoms with van der Waals surface area (Å²) in [6, 6.07) is 7.97. The number of amides is 1. The van der Waals surface area contributed by atoms with Crippen molar-refractivity contribution in [2.45, 2.75) is 18.9 Å². The van der Waals surface area contributed by atoms with Crippen molar-refractivity contribution in [1.29, 1.82) is 5.26 Å². The summed E-state index contributed by atoms with van der Waals surface area (Å²) in [6.45, 7) is 0.537. The molecule has 1 heterocycles. The highest BCUT2D eigenvalue weighted by Crippen LogP contribution is 2.21. The molecule has 2 rings (SSSR count). The Balaban J connectivity index is 2.23. The zero-order chi connectivity index (χ0) is 13.8. The van der Waals surface area contributed by atoms with Crippen molar-refractivity contribution < 1.29 is 14.3 Å². The number of methoxy groups -OCH3 is 1. The third-order valence-corrected chi connectivity index (χ3v) is 3.23. The summed E-state index contributed by atoms with van der Waals surface area (Å²) >= 11 is 0. The number of carbonyl (C=O) groups is 2. The molecular formula is C14H14N2O3. The molecule has 1 aromatic carbocycles. The summed E-state index contributed by atoms with van der Waals surface area (Å²) in [6.07, 6.45) is 1.40. The first-order valence-electron chi connectivity index (χ1n) is 6.06. The maximum atomic E-state index is 12.4. The van der Waals surface area contributed by atoms with Crippen LogP contribution in [0, 0.1) is 11.3 Å². The number of hydrogen-bond acceptors (Lipinski definition) is 4. The Morgan fingerprint density at radius 3 is 2.95 bits per heavy atom. The molecule has 0 N–H and O–H groups in total. The molecule has 19 heavy (non-hydrogen) atoms. The molecule has 0 radical (unpaired) electrons. The first-order chi connectivity index (χ1) is 9.17. The van der Waals surface area contributed by atoms with E-state index in [0.29, 0.717) is 24.1 Å². The van der Waals surface area contributed by atoms with Gasteiger partial charge >= 0.3 is 5.97 Å². The number of nitriles is 1. The average molecular weight is 258 g/mol. The molecule has 1 atom stereocenters. The summed E-state index contributed by atoms with van der Waals surface area (Å²) in [5, 5.41) is 8.84. The van der Waals surface area contributed by atoms with Crippen LogP contribution in [-0.2, 0) is 9.53 Å². The minimum atomic E-state index is -0.511. The van der Waals surface area contributed by atoms with Gasteiger partial charge in [-0.1, -0.05) is 6.07 Å². The highest BCUT2D eigenvalue weighted by molar-refractivity contribution is 5.97. The van der Waals surface area contributed by atoms with Crippen LogP contribution in [0.2, 0.25) is 0 Å². The van der Waals surface area contributed by atoms with Gasteiger partial charge in [-0.05, 0) is 31.0 Å². The first-order valence-corrected chi connectivity index (χ1v) is 6.06. The highest BCUT2D eigenvalue weighted by Gasteiger charge is 2.35. The van der Waals surface area contributed by atoms with E-state index in [9.17, 15) is 9.59 Å². The van der Waals surface area contributed by atoms with Crippen molar-refractivity contribution in [3.05, 3.63) is 35.4 Å². The zero-order valence-corrected chi connectivity index (χ0v) is 10.6. The molecule has 5 nitrogen and oxygen atoms in total. The van der Waals surface area contributed by atoms with Crippen LogP contribution >= 0.6 is 0 Å². The summed E-state index contributed by atoms with van der Waals surface area (Å²) in [7, 11) is 1.32. The molecule has 1 saturated heterocycles. The van der Waals surface area contributed by atoms with E-state index in [0.717, 1.165) is 6.42 Å². The van der Waals surface area contributed by atoms with Gasteiger partial charge in [0.15, 0.2) is 0 Å². The molecule has 0 aromatic heterocycles. The summed E-state index contributed by atoms with van der Waals surface area (Å²) in [4.78, 5) is 25.5. The fourth-order valence-electron chi connectivity index (χ4n) is 2.28. The van der Waals surface area contributed by atoms with Gasteiger partial charge in [-0.3, -0.25) is 4.79 Å². The average Bonchev–Trinajstić information content (AvgIpc) is 2.95. The minimum absolute atomic E-state index is 0.231. The number of benzene rings is 1. The number of hydrogen-bond donors (Lipinski definition) is 0. The van der Waals surface area contributed by atoms with Crippen molar-refractivity contribution >= 4 is 11.9 Å². The predicted octanol–water partition coefficient (Wildman–Crippen LogP) is 1.34. The molecule has 0 aliphatic carbocycles. The van der Waals surface area contributed by atoms with Crippen molar-refractivity contribution in [1.82, 2.24) is 4.90 Å². The Bertz CT molecular complexity index is 548. The predicted molar refractivity (Wildman–Crippen MR) is 67.2 cm³/mol. The van der Waals surface area contributed by atoms with Gasteiger partial charge in [-0.2, -0.15) is 5.26 Å². The second kappa shape index (κ2) is 5.53. The number of carbonyl (C=O) groups excluding carboxylic acids is 2. The van der Waals surface area contributed by atoms with Gasteiger partial charge in [-0.15, -0.1) is 0 Å². The van der Waals surface area contributed by atoms with E-state index in [1.807, 2.05) is 6.07 Å². The molecule has 1 fully saturated rings. The Hall–Kier alpha value is -2.35. The molecule has 1 aliphatic heterocycles. The molecule has 0 spiro atoms. The third-order valence-electron chi connectivity index (χ3n) is 3.23. The van der Waals surface area contributed by atoms with Crippen LogP contribution in [0.1, 0.15) is 28.8 Å². The van der Waals surface area contributed by atoms with Crippen molar-refractivity contribution in [2.75, 3.05) is 13.7 Å². The SMILES string of the molecule is COC(=O)C1CCCN1C(=O)c1cccc(C#N)c1. The van der Waals surface area contributed by atoms with Crippen molar-refractivity contribution in [3.63, 3.8) is 0 Å². The van der Waals surface area contributed by atoms with Crippen LogP contribution in [0.4, 0.5) is 0 Å². The molecule has 5 heteroatoms. The van der Waals surface area contributed by atoms with Crippen LogP contribution in [0.5, 0.6) is 0 Å². The number of esters is 1. The lowest BCUT2D eigenvalue weighted by molar-refractivity contribution is -0.145. The van der Waals surface area contributed by atoms with E-state index in [4.69, 9.17) is 10.00 Å². The highest BCUT2D eigenvalue weighted by atomic mass is 16.5. The number of nitrogens with zero attached hydrogens (tertiary/aromatic N) is 2. The van der Waals surface area contributed by atoms with Gasteiger partial charge in [0.25, 0.3) is 5.91 Å². The standard InChI is InChI=1S/C14H14N2O3/c1-19-14(18)12-6-3-7-16(12)13(17)11-5-2-4-10(8-11)9-15/h2,4-5,8,12H,3,6-7H2,1H3. The second-order valence-corrected chi connectivity index (χ2v) is 4.37. The Labute approximate surface area is 111 Å². The molecule has 1 aromatic rings.